The van der Waals surface area contributed by atoms with Gasteiger partial charge in [0.25, 0.3) is 5.69 Å². The highest BCUT2D eigenvalue weighted by Crippen LogP contribution is 2.41. The van der Waals surface area contributed by atoms with E-state index in [4.69, 9.17) is 5.26 Å². The van der Waals surface area contributed by atoms with Gasteiger partial charge in [-0.3, -0.25) is 10.1 Å². The summed E-state index contributed by atoms with van der Waals surface area (Å²) in [7, 11) is 0. The van der Waals surface area contributed by atoms with Crippen molar-refractivity contribution < 1.29 is 18.1 Å². The number of hydrogen-bond acceptors (Lipinski definition) is 3. The molecule has 0 bridgehead atoms. The van der Waals surface area contributed by atoms with Gasteiger partial charge in [0.2, 0.25) is 0 Å². The van der Waals surface area contributed by atoms with Gasteiger partial charge in [0, 0.05) is 0 Å². The second-order valence-corrected chi connectivity index (χ2v) is 3.82. The van der Waals surface area contributed by atoms with Crippen molar-refractivity contribution in [3.05, 3.63) is 37.8 Å². The summed E-state index contributed by atoms with van der Waals surface area (Å²) in [5, 5.41) is 19.1. The van der Waals surface area contributed by atoms with Crippen LogP contribution in [-0.4, -0.2) is 4.92 Å². The van der Waals surface area contributed by atoms with E-state index in [0.29, 0.717) is 6.07 Å². The molecule has 1 aromatic rings. The third-order valence-corrected chi connectivity index (χ3v) is 2.84. The van der Waals surface area contributed by atoms with E-state index in [-0.39, 0.29) is 16.5 Å². The first-order chi connectivity index (χ1) is 7.79. The predicted octanol–water partition coefficient (Wildman–Crippen LogP) is 3.44. The molecule has 90 valence electrons. The van der Waals surface area contributed by atoms with Crippen LogP contribution in [-0.2, 0) is 12.6 Å². The molecule has 0 spiro atoms. The van der Waals surface area contributed by atoms with E-state index in [0.717, 1.165) is 6.07 Å². The Morgan fingerprint density at radius 2 is 2.06 bits per heavy atom. The normalized spacial score (nSPS) is 11.0. The van der Waals surface area contributed by atoms with Gasteiger partial charge in [0.05, 0.1) is 17.4 Å². The van der Waals surface area contributed by atoms with Gasteiger partial charge in [-0.2, -0.15) is 18.4 Å². The molecular weight excluding hydrogens is 305 g/mol. The lowest BCUT2D eigenvalue weighted by atomic mass is 10.1. The Kier molecular flexibility index (Phi) is 3.72. The van der Waals surface area contributed by atoms with E-state index < -0.39 is 22.4 Å². The Morgan fingerprint density at radius 3 is 2.47 bits per heavy atom. The number of alkyl halides is 3. The molecule has 0 N–H and O–H groups in total. The average molecular weight is 309 g/mol. The van der Waals surface area contributed by atoms with Crippen molar-refractivity contribution in [1.82, 2.24) is 0 Å². The lowest BCUT2D eigenvalue weighted by Gasteiger charge is -2.10. The molecule has 0 saturated heterocycles. The van der Waals surface area contributed by atoms with Crippen LogP contribution in [0.25, 0.3) is 0 Å². The van der Waals surface area contributed by atoms with E-state index in [1.807, 2.05) is 0 Å². The fourth-order valence-electron chi connectivity index (χ4n) is 1.24. The third kappa shape index (κ3) is 2.74. The van der Waals surface area contributed by atoms with Crippen molar-refractivity contribution in [1.29, 1.82) is 5.26 Å². The summed E-state index contributed by atoms with van der Waals surface area (Å²) in [5.74, 6) is 0. The van der Waals surface area contributed by atoms with Gasteiger partial charge in [-0.1, -0.05) is 6.07 Å². The molecule has 1 aromatic carbocycles. The molecule has 8 heteroatoms. The zero-order chi connectivity index (χ0) is 13.2. The average Bonchev–Trinajstić information content (AvgIpc) is 2.18. The van der Waals surface area contributed by atoms with Crippen molar-refractivity contribution in [3.63, 3.8) is 0 Å². The van der Waals surface area contributed by atoms with Gasteiger partial charge >= 0.3 is 6.18 Å². The summed E-state index contributed by atoms with van der Waals surface area (Å²) in [5.41, 5.74) is -2.26. The molecule has 0 aliphatic carbocycles. The minimum absolute atomic E-state index is 0.146. The van der Waals surface area contributed by atoms with Crippen LogP contribution in [0.15, 0.2) is 16.6 Å². The fraction of sp³-hybridized carbons (Fsp3) is 0.222. The van der Waals surface area contributed by atoms with Crippen molar-refractivity contribution in [3.8, 4) is 6.07 Å². The Morgan fingerprint density at radius 1 is 1.47 bits per heavy atom. The largest absolute Gasteiger partial charge is 0.423 e. The molecular formula is C9H4BrF3N2O2. The van der Waals surface area contributed by atoms with Crippen LogP contribution in [0.5, 0.6) is 0 Å². The van der Waals surface area contributed by atoms with Gasteiger partial charge < -0.3 is 0 Å². The summed E-state index contributed by atoms with van der Waals surface area (Å²) in [4.78, 5) is 9.52. The Bertz CT molecular complexity index is 508. The van der Waals surface area contributed by atoms with E-state index in [9.17, 15) is 23.3 Å². The maximum atomic E-state index is 12.5. The number of nitro groups is 1. The zero-order valence-electron chi connectivity index (χ0n) is 8.08. The lowest BCUT2D eigenvalue weighted by Crippen LogP contribution is -2.10. The summed E-state index contributed by atoms with van der Waals surface area (Å²) in [6.45, 7) is 0. The number of nitriles is 1. The number of nitro benzene ring substituents is 1. The molecule has 0 unspecified atom stereocenters. The number of halogens is 4. The molecule has 17 heavy (non-hydrogen) atoms. The molecule has 0 aromatic heterocycles. The Hall–Kier alpha value is -1.62. The minimum Gasteiger partial charge on any atom is -0.258 e. The number of nitrogens with zero attached hydrogens (tertiary/aromatic N) is 2. The van der Waals surface area contributed by atoms with Crippen LogP contribution in [0.2, 0.25) is 0 Å². The van der Waals surface area contributed by atoms with Crippen LogP contribution in [0.1, 0.15) is 11.1 Å². The maximum absolute atomic E-state index is 12.5. The van der Waals surface area contributed by atoms with Crippen LogP contribution in [0.3, 0.4) is 0 Å². The first kappa shape index (κ1) is 13.4. The zero-order valence-corrected chi connectivity index (χ0v) is 9.67. The molecule has 0 saturated carbocycles. The number of hydrogen-bond donors (Lipinski definition) is 0. The molecule has 0 heterocycles. The van der Waals surface area contributed by atoms with Crippen molar-refractivity contribution in [2.75, 3.05) is 0 Å². The Balaban J connectivity index is 3.52. The highest BCUT2D eigenvalue weighted by molar-refractivity contribution is 9.10. The first-order valence-corrected chi connectivity index (χ1v) is 4.98. The monoisotopic (exact) mass is 308 g/mol. The fourth-order valence-corrected chi connectivity index (χ4v) is 1.87. The number of benzene rings is 1. The van der Waals surface area contributed by atoms with Gasteiger partial charge in [0.15, 0.2) is 0 Å². The highest BCUT2D eigenvalue weighted by Gasteiger charge is 2.40. The molecule has 0 aliphatic heterocycles. The maximum Gasteiger partial charge on any atom is 0.423 e. The Labute approximate surface area is 102 Å². The van der Waals surface area contributed by atoms with Gasteiger partial charge in [0.1, 0.15) is 10.0 Å². The van der Waals surface area contributed by atoms with E-state index >= 15 is 0 Å². The molecule has 0 atom stereocenters. The second kappa shape index (κ2) is 4.71. The van der Waals surface area contributed by atoms with Crippen LogP contribution < -0.4 is 0 Å². The van der Waals surface area contributed by atoms with Gasteiger partial charge in [-0.15, -0.1) is 0 Å². The quantitative estimate of drug-likeness (QED) is 0.621. The highest BCUT2D eigenvalue weighted by atomic mass is 79.9. The second-order valence-electron chi connectivity index (χ2n) is 3.02. The molecule has 0 fully saturated rings. The van der Waals surface area contributed by atoms with E-state index in [1.165, 1.54) is 0 Å². The van der Waals surface area contributed by atoms with Crippen LogP contribution >= 0.6 is 15.9 Å². The minimum atomic E-state index is -4.81. The molecule has 0 aliphatic rings. The molecule has 0 amide bonds. The van der Waals surface area contributed by atoms with E-state index in [2.05, 4.69) is 15.9 Å². The summed E-state index contributed by atoms with van der Waals surface area (Å²) < 4.78 is 37.2. The molecule has 0 radical (unpaired) electrons. The van der Waals surface area contributed by atoms with Crippen LogP contribution in [0.4, 0.5) is 18.9 Å². The predicted molar refractivity (Wildman–Crippen MR) is 55.1 cm³/mol. The van der Waals surface area contributed by atoms with Crippen molar-refractivity contribution >= 4 is 21.6 Å². The first-order valence-electron chi connectivity index (χ1n) is 4.19. The smallest absolute Gasteiger partial charge is 0.258 e. The standard InChI is InChI=1S/C9H4BrF3N2O2/c10-7-5(3-4-14)1-2-6(9(11,12)13)8(7)15(16)17/h1-2H,3H2. The van der Waals surface area contributed by atoms with Crippen LogP contribution in [0, 0.1) is 21.4 Å². The molecule has 4 nitrogen and oxygen atoms in total. The summed E-state index contributed by atoms with van der Waals surface area (Å²) >= 11 is 2.73. The van der Waals surface area contributed by atoms with Gasteiger partial charge in [-0.25, -0.2) is 0 Å². The van der Waals surface area contributed by atoms with E-state index in [1.54, 1.807) is 6.07 Å². The topological polar surface area (TPSA) is 66.9 Å². The van der Waals surface area contributed by atoms with Crippen molar-refractivity contribution in [2.45, 2.75) is 12.6 Å². The number of rotatable bonds is 2. The summed E-state index contributed by atoms with van der Waals surface area (Å²) in [6, 6.07) is 3.37. The van der Waals surface area contributed by atoms with Crippen molar-refractivity contribution in [2.24, 2.45) is 0 Å². The SMILES string of the molecule is N#CCc1ccc(C(F)(F)F)c([N+](=O)[O-])c1Br. The summed E-state index contributed by atoms with van der Waals surface area (Å²) in [6.07, 6.45) is -5.02. The van der Waals surface area contributed by atoms with Gasteiger partial charge in [-0.05, 0) is 27.6 Å². The molecule has 1 rings (SSSR count). The lowest BCUT2D eigenvalue weighted by molar-refractivity contribution is -0.388. The third-order valence-electron chi connectivity index (χ3n) is 1.95.